The maximum absolute atomic E-state index is 13.3. The van der Waals surface area contributed by atoms with Gasteiger partial charge in [0.2, 0.25) is 10.0 Å². The van der Waals surface area contributed by atoms with Crippen LogP contribution in [0.25, 0.3) is 0 Å². The molecular weight excluding hydrogens is 460 g/mol. The van der Waals surface area contributed by atoms with Crippen LogP contribution < -0.4 is 5.32 Å². The Balaban J connectivity index is 1.86. The number of piperazine rings is 1. The summed E-state index contributed by atoms with van der Waals surface area (Å²) in [6.07, 6.45) is 0. The van der Waals surface area contributed by atoms with Gasteiger partial charge in [-0.25, -0.2) is 8.42 Å². The first-order valence-electron chi connectivity index (χ1n) is 11.1. The fourth-order valence-electron chi connectivity index (χ4n) is 3.73. The summed E-state index contributed by atoms with van der Waals surface area (Å²) in [4.78, 5) is 18.0. The number of nitrogens with zero attached hydrogens (tertiary/aromatic N) is 3. The molecule has 0 saturated carbocycles. The zero-order chi connectivity index (χ0) is 24.2. The molecule has 1 amide bonds. The first kappa shape index (κ1) is 25.6. The minimum absolute atomic E-state index is 0.0450. The highest BCUT2D eigenvalue weighted by Gasteiger charge is 2.27. The van der Waals surface area contributed by atoms with Crippen molar-refractivity contribution in [2.75, 3.05) is 46.8 Å². The Morgan fingerprint density at radius 3 is 2.33 bits per heavy atom. The van der Waals surface area contributed by atoms with Gasteiger partial charge in [-0.3, -0.25) is 9.69 Å². The Kier molecular flexibility index (Phi) is 8.53. The average molecular weight is 493 g/mol. The largest absolute Gasteiger partial charge is 0.344 e. The molecule has 1 N–H and O–H groups in total. The van der Waals surface area contributed by atoms with E-state index in [2.05, 4.69) is 22.2 Å². The van der Waals surface area contributed by atoms with Crippen LogP contribution in [0.3, 0.4) is 0 Å². The predicted octanol–water partition coefficient (Wildman–Crippen LogP) is 3.09. The molecular formula is C24H33ClN4O3S. The lowest BCUT2D eigenvalue weighted by Crippen LogP contribution is -2.47. The van der Waals surface area contributed by atoms with Crippen molar-refractivity contribution in [2.45, 2.75) is 30.8 Å². The molecule has 1 unspecified atom stereocenters. The number of hydrogen-bond donors (Lipinski definition) is 1. The van der Waals surface area contributed by atoms with Gasteiger partial charge in [0.15, 0.2) is 0 Å². The first-order chi connectivity index (χ1) is 15.6. The molecule has 9 heteroatoms. The summed E-state index contributed by atoms with van der Waals surface area (Å²) >= 11 is 6.34. The Morgan fingerprint density at radius 2 is 1.73 bits per heavy atom. The molecule has 0 aromatic heterocycles. The number of rotatable bonds is 8. The summed E-state index contributed by atoms with van der Waals surface area (Å²) < 4.78 is 27.1. The van der Waals surface area contributed by atoms with Gasteiger partial charge < -0.3 is 10.2 Å². The van der Waals surface area contributed by atoms with E-state index >= 15 is 0 Å². The first-order valence-corrected chi connectivity index (χ1v) is 13.0. The Hall–Kier alpha value is -1.97. The summed E-state index contributed by atoms with van der Waals surface area (Å²) in [5.41, 5.74) is 1.14. The third-order valence-corrected chi connectivity index (χ3v) is 8.49. The standard InChI is InChI=1S/C24H33ClN4O3S/c1-18(2)28(4)33(31,32)20-10-11-22(25)21(16-20)24(30)26-23(19-8-6-5-7-9-19)17-29-14-12-27(3)13-15-29/h5-11,16,18,23H,12-15,17H2,1-4H3,(H,26,30). The van der Waals surface area contributed by atoms with E-state index in [-0.39, 0.29) is 27.6 Å². The molecule has 1 atom stereocenters. The van der Waals surface area contributed by atoms with Crippen molar-refractivity contribution in [2.24, 2.45) is 0 Å². The molecule has 2 aromatic carbocycles. The van der Waals surface area contributed by atoms with Gasteiger partial charge in [-0.05, 0) is 44.7 Å². The Morgan fingerprint density at radius 1 is 1.09 bits per heavy atom. The van der Waals surface area contributed by atoms with E-state index in [4.69, 9.17) is 11.6 Å². The second-order valence-corrected chi connectivity index (χ2v) is 11.2. The highest BCUT2D eigenvalue weighted by atomic mass is 35.5. The lowest BCUT2D eigenvalue weighted by atomic mass is 10.0. The minimum Gasteiger partial charge on any atom is -0.344 e. The van der Waals surface area contributed by atoms with E-state index < -0.39 is 15.9 Å². The molecule has 3 rings (SSSR count). The molecule has 180 valence electrons. The van der Waals surface area contributed by atoms with Crippen LogP contribution in [0.4, 0.5) is 0 Å². The maximum atomic E-state index is 13.3. The van der Waals surface area contributed by atoms with Crippen molar-refractivity contribution in [1.82, 2.24) is 19.4 Å². The molecule has 1 fully saturated rings. The highest BCUT2D eigenvalue weighted by Crippen LogP contribution is 2.25. The van der Waals surface area contributed by atoms with Crippen LogP contribution in [0.5, 0.6) is 0 Å². The number of sulfonamides is 1. The van der Waals surface area contributed by atoms with Gasteiger partial charge in [0.1, 0.15) is 0 Å². The van der Waals surface area contributed by atoms with E-state index in [0.29, 0.717) is 6.54 Å². The van der Waals surface area contributed by atoms with Crippen LogP contribution in [-0.4, -0.2) is 81.3 Å². The number of nitrogens with one attached hydrogen (secondary N) is 1. The number of hydrogen-bond acceptors (Lipinski definition) is 5. The van der Waals surface area contributed by atoms with Gasteiger partial charge in [0, 0.05) is 45.8 Å². The van der Waals surface area contributed by atoms with E-state index in [9.17, 15) is 13.2 Å². The number of amides is 1. The van der Waals surface area contributed by atoms with Crippen LogP contribution in [-0.2, 0) is 10.0 Å². The van der Waals surface area contributed by atoms with E-state index in [1.807, 2.05) is 30.3 Å². The van der Waals surface area contributed by atoms with Gasteiger partial charge in [-0.15, -0.1) is 0 Å². The number of halogens is 1. The number of carbonyl (C=O) groups excluding carboxylic acids is 1. The summed E-state index contributed by atoms with van der Waals surface area (Å²) in [6.45, 7) is 8.05. The zero-order valence-electron chi connectivity index (χ0n) is 19.7. The molecule has 0 spiro atoms. The molecule has 1 aliphatic rings. The third kappa shape index (κ3) is 6.33. The lowest BCUT2D eigenvalue weighted by molar-refractivity contribution is 0.0907. The zero-order valence-corrected chi connectivity index (χ0v) is 21.2. The van der Waals surface area contributed by atoms with Crippen molar-refractivity contribution in [3.05, 3.63) is 64.7 Å². The quantitative estimate of drug-likeness (QED) is 0.613. The van der Waals surface area contributed by atoms with Crippen molar-refractivity contribution >= 4 is 27.5 Å². The van der Waals surface area contributed by atoms with Crippen molar-refractivity contribution < 1.29 is 13.2 Å². The molecule has 7 nitrogen and oxygen atoms in total. The summed E-state index contributed by atoms with van der Waals surface area (Å²) in [7, 11) is -0.109. The van der Waals surface area contributed by atoms with Gasteiger partial charge in [-0.2, -0.15) is 4.31 Å². The lowest BCUT2D eigenvalue weighted by Gasteiger charge is -2.35. The number of carbonyl (C=O) groups is 1. The third-order valence-electron chi connectivity index (χ3n) is 6.13. The second kappa shape index (κ2) is 11.0. The van der Waals surface area contributed by atoms with Gasteiger partial charge in [0.05, 0.1) is 21.5 Å². The Bertz CT molecular complexity index is 1050. The molecule has 1 aliphatic heterocycles. The fraction of sp³-hybridized carbons (Fsp3) is 0.458. The van der Waals surface area contributed by atoms with Crippen molar-refractivity contribution in [3.63, 3.8) is 0 Å². The number of likely N-dealkylation sites (N-methyl/N-ethyl adjacent to an activating group) is 1. The smallest absolute Gasteiger partial charge is 0.253 e. The molecule has 0 aliphatic carbocycles. The molecule has 1 saturated heterocycles. The minimum atomic E-state index is -3.74. The summed E-state index contributed by atoms with van der Waals surface area (Å²) in [5, 5.41) is 3.31. The normalized spacial score (nSPS) is 16.8. The second-order valence-electron chi connectivity index (χ2n) is 8.80. The number of benzene rings is 2. The van der Waals surface area contributed by atoms with Crippen LogP contribution in [0, 0.1) is 0 Å². The van der Waals surface area contributed by atoms with Crippen LogP contribution >= 0.6 is 11.6 Å². The summed E-state index contributed by atoms with van der Waals surface area (Å²) in [5.74, 6) is -0.396. The van der Waals surface area contributed by atoms with Crippen LogP contribution in [0.15, 0.2) is 53.4 Å². The van der Waals surface area contributed by atoms with E-state index in [1.165, 1.54) is 29.6 Å². The van der Waals surface area contributed by atoms with Crippen LogP contribution in [0.2, 0.25) is 5.02 Å². The highest BCUT2D eigenvalue weighted by molar-refractivity contribution is 7.89. The van der Waals surface area contributed by atoms with Gasteiger partial charge in [0.25, 0.3) is 5.91 Å². The van der Waals surface area contributed by atoms with Crippen molar-refractivity contribution in [3.8, 4) is 0 Å². The molecule has 0 radical (unpaired) electrons. The summed E-state index contributed by atoms with van der Waals surface area (Å²) in [6, 6.07) is 13.6. The average Bonchev–Trinajstić information content (AvgIpc) is 2.80. The topological polar surface area (TPSA) is 73.0 Å². The van der Waals surface area contributed by atoms with Crippen LogP contribution in [0.1, 0.15) is 35.8 Å². The van der Waals surface area contributed by atoms with Gasteiger partial charge in [-0.1, -0.05) is 41.9 Å². The maximum Gasteiger partial charge on any atom is 0.253 e. The molecule has 33 heavy (non-hydrogen) atoms. The van der Waals surface area contributed by atoms with E-state index in [1.54, 1.807) is 13.8 Å². The van der Waals surface area contributed by atoms with Crippen molar-refractivity contribution in [1.29, 1.82) is 0 Å². The SMILES string of the molecule is CC(C)N(C)S(=O)(=O)c1ccc(Cl)c(C(=O)NC(CN2CCN(C)CC2)c2ccccc2)c1. The molecule has 0 bridgehead atoms. The van der Waals surface area contributed by atoms with Gasteiger partial charge >= 0.3 is 0 Å². The molecule has 1 heterocycles. The predicted molar refractivity (Wildman–Crippen MR) is 132 cm³/mol. The van der Waals surface area contributed by atoms with E-state index in [0.717, 1.165) is 31.7 Å². The Labute approximate surface area is 202 Å². The molecule has 2 aromatic rings. The monoisotopic (exact) mass is 492 g/mol. The fourth-order valence-corrected chi connectivity index (χ4v) is 5.32.